The van der Waals surface area contributed by atoms with Gasteiger partial charge in [0, 0.05) is 24.2 Å². The Morgan fingerprint density at radius 1 is 0.556 bits per heavy atom. The molecule has 0 saturated carbocycles. The SMILES string of the molecule is c1ccc(-c2ccccn2)cc1.c1ccnnc1. The van der Waals surface area contributed by atoms with Gasteiger partial charge in [-0.3, -0.25) is 4.98 Å². The minimum absolute atomic E-state index is 1.03. The van der Waals surface area contributed by atoms with Crippen LogP contribution in [-0.4, -0.2) is 15.2 Å². The molecule has 0 aliphatic heterocycles. The summed E-state index contributed by atoms with van der Waals surface area (Å²) in [6.07, 6.45) is 5.09. The quantitative estimate of drug-likeness (QED) is 0.650. The summed E-state index contributed by atoms with van der Waals surface area (Å²) in [6, 6.07) is 19.7. The molecule has 3 rings (SSSR count). The van der Waals surface area contributed by atoms with Crippen LogP contribution in [0, 0.1) is 0 Å². The van der Waals surface area contributed by atoms with E-state index in [9.17, 15) is 0 Å². The fraction of sp³-hybridized carbons (Fsp3) is 0. The van der Waals surface area contributed by atoms with Gasteiger partial charge in [-0.1, -0.05) is 36.4 Å². The molecule has 0 radical (unpaired) electrons. The standard InChI is InChI=1S/C11H9N.C4H4N2/c1-2-6-10(7-3-1)11-8-4-5-9-12-11;1-2-4-6-5-3-1/h1-9H;1-4H. The van der Waals surface area contributed by atoms with Crippen molar-refractivity contribution in [3.8, 4) is 11.3 Å². The third kappa shape index (κ3) is 3.79. The van der Waals surface area contributed by atoms with Crippen LogP contribution in [0.4, 0.5) is 0 Å². The van der Waals surface area contributed by atoms with Crippen LogP contribution in [0.2, 0.25) is 0 Å². The summed E-state index contributed by atoms with van der Waals surface area (Å²) in [5.41, 5.74) is 2.19. The van der Waals surface area contributed by atoms with E-state index in [1.807, 2.05) is 54.7 Å². The molecule has 0 aliphatic rings. The number of nitrogens with zero attached hydrogens (tertiary/aromatic N) is 3. The first-order valence-electron chi connectivity index (χ1n) is 5.65. The monoisotopic (exact) mass is 235 g/mol. The van der Waals surface area contributed by atoms with Gasteiger partial charge in [0.25, 0.3) is 0 Å². The Hall–Kier alpha value is -2.55. The highest BCUT2D eigenvalue weighted by molar-refractivity contribution is 5.58. The molecule has 0 bridgehead atoms. The van der Waals surface area contributed by atoms with E-state index < -0.39 is 0 Å². The molecule has 0 atom stereocenters. The molecular weight excluding hydrogens is 222 g/mol. The second kappa shape index (κ2) is 6.91. The Labute approximate surface area is 106 Å². The molecule has 3 aromatic rings. The lowest BCUT2D eigenvalue weighted by atomic mass is 10.1. The summed E-state index contributed by atoms with van der Waals surface area (Å²) in [7, 11) is 0. The molecule has 2 aromatic heterocycles. The number of benzene rings is 1. The first-order valence-corrected chi connectivity index (χ1v) is 5.65. The van der Waals surface area contributed by atoms with Crippen molar-refractivity contribution in [1.82, 2.24) is 15.2 Å². The number of aromatic nitrogens is 3. The normalized spacial score (nSPS) is 9.11. The molecule has 88 valence electrons. The molecule has 0 aliphatic carbocycles. The molecule has 0 N–H and O–H groups in total. The summed E-state index contributed by atoms with van der Waals surface area (Å²) in [4.78, 5) is 4.25. The average Bonchev–Trinajstić information content (AvgIpc) is 2.51. The summed E-state index contributed by atoms with van der Waals surface area (Å²) in [6.45, 7) is 0. The first kappa shape index (κ1) is 11.9. The fourth-order valence-corrected chi connectivity index (χ4v) is 1.40. The summed E-state index contributed by atoms with van der Waals surface area (Å²) in [5.74, 6) is 0. The van der Waals surface area contributed by atoms with Crippen molar-refractivity contribution >= 4 is 0 Å². The first-order chi connectivity index (χ1) is 8.97. The van der Waals surface area contributed by atoms with Gasteiger partial charge in [-0.25, -0.2) is 0 Å². The molecule has 2 heterocycles. The Balaban J connectivity index is 0.000000169. The van der Waals surface area contributed by atoms with E-state index in [0.29, 0.717) is 0 Å². The van der Waals surface area contributed by atoms with Crippen molar-refractivity contribution in [3.05, 3.63) is 79.3 Å². The average molecular weight is 235 g/mol. The molecule has 0 unspecified atom stereocenters. The van der Waals surface area contributed by atoms with Gasteiger partial charge in [0.2, 0.25) is 0 Å². The highest BCUT2D eigenvalue weighted by Crippen LogP contribution is 2.14. The molecule has 1 aromatic carbocycles. The zero-order valence-corrected chi connectivity index (χ0v) is 9.85. The van der Waals surface area contributed by atoms with Crippen LogP contribution in [0.1, 0.15) is 0 Å². The van der Waals surface area contributed by atoms with Crippen LogP contribution in [0.3, 0.4) is 0 Å². The van der Waals surface area contributed by atoms with Crippen LogP contribution in [-0.2, 0) is 0 Å². The summed E-state index contributed by atoms with van der Waals surface area (Å²) < 4.78 is 0. The maximum absolute atomic E-state index is 4.25. The van der Waals surface area contributed by atoms with Crippen molar-refractivity contribution in [1.29, 1.82) is 0 Å². The Bertz CT molecular complexity index is 474. The Morgan fingerprint density at radius 2 is 1.17 bits per heavy atom. The summed E-state index contributed by atoms with van der Waals surface area (Å²) in [5, 5.41) is 7.07. The summed E-state index contributed by atoms with van der Waals surface area (Å²) >= 11 is 0. The number of hydrogen-bond acceptors (Lipinski definition) is 3. The van der Waals surface area contributed by atoms with Crippen molar-refractivity contribution in [2.24, 2.45) is 0 Å². The van der Waals surface area contributed by atoms with Crippen molar-refractivity contribution in [3.63, 3.8) is 0 Å². The molecule has 3 heteroatoms. The molecule has 0 fully saturated rings. The smallest absolute Gasteiger partial charge is 0.0701 e. The lowest BCUT2D eigenvalue weighted by Crippen LogP contribution is -1.79. The fourth-order valence-electron chi connectivity index (χ4n) is 1.40. The van der Waals surface area contributed by atoms with E-state index in [1.54, 1.807) is 12.4 Å². The molecule has 0 spiro atoms. The molecular formula is C15H13N3. The maximum atomic E-state index is 4.25. The molecule has 0 saturated heterocycles. The van der Waals surface area contributed by atoms with Gasteiger partial charge in [0.15, 0.2) is 0 Å². The topological polar surface area (TPSA) is 38.7 Å². The van der Waals surface area contributed by atoms with Crippen LogP contribution in [0.15, 0.2) is 79.3 Å². The lowest BCUT2D eigenvalue weighted by Gasteiger charge is -1.97. The second-order valence-corrected chi connectivity index (χ2v) is 3.49. The second-order valence-electron chi connectivity index (χ2n) is 3.49. The van der Waals surface area contributed by atoms with E-state index in [0.717, 1.165) is 11.3 Å². The highest BCUT2D eigenvalue weighted by atomic mass is 15.1. The van der Waals surface area contributed by atoms with Crippen LogP contribution in [0.25, 0.3) is 11.3 Å². The minimum atomic E-state index is 1.03. The zero-order valence-electron chi connectivity index (χ0n) is 9.85. The maximum Gasteiger partial charge on any atom is 0.0701 e. The Morgan fingerprint density at radius 3 is 1.67 bits per heavy atom. The number of pyridine rings is 1. The predicted molar refractivity (Wildman–Crippen MR) is 71.7 cm³/mol. The largest absolute Gasteiger partial charge is 0.256 e. The number of rotatable bonds is 1. The third-order valence-electron chi connectivity index (χ3n) is 2.22. The van der Waals surface area contributed by atoms with Crippen LogP contribution in [0.5, 0.6) is 0 Å². The Kier molecular flexibility index (Phi) is 4.58. The molecule has 0 amide bonds. The van der Waals surface area contributed by atoms with E-state index in [-0.39, 0.29) is 0 Å². The van der Waals surface area contributed by atoms with Gasteiger partial charge < -0.3 is 0 Å². The van der Waals surface area contributed by atoms with Gasteiger partial charge in [-0.15, -0.1) is 0 Å². The van der Waals surface area contributed by atoms with Gasteiger partial charge in [-0.2, -0.15) is 10.2 Å². The van der Waals surface area contributed by atoms with Gasteiger partial charge >= 0.3 is 0 Å². The van der Waals surface area contributed by atoms with E-state index in [1.165, 1.54) is 0 Å². The minimum Gasteiger partial charge on any atom is -0.256 e. The van der Waals surface area contributed by atoms with Crippen LogP contribution < -0.4 is 0 Å². The van der Waals surface area contributed by atoms with E-state index in [2.05, 4.69) is 27.3 Å². The predicted octanol–water partition coefficient (Wildman–Crippen LogP) is 3.23. The highest BCUT2D eigenvalue weighted by Gasteiger charge is 1.93. The molecule has 18 heavy (non-hydrogen) atoms. The van der Waals surface area contributed by atoms with Crippen molar-refractivity contribution < 1.29 is 0 Å². The van der Waals surface area contributed by atoms with Gasteiger partial charge in [0.05, 0.1) is 5.69 Å². The third-order valence-corrected chi connectivity index (χ3v) is 2.22. The number of hydrogen-bond donors (Lipinski definition) is 0. The molecule has 3 nitrogen and oxygen atoms in total. The van der Waals surface area contributed by atoms with E-state index in [4.69, 9.17) is 0 Å². The van der Waals surface area contributed by atoms with Gasteiger partial charge in [-0.05, 0) is 24.3 Å². The van der Waals surface area contributed by atoms with Crippen molar-refractivity contribution in [2.75, 3.05) is 0 Å². The van der Waals surface area contributed by atoms with Crippen LogP contribution >= 0.6 is 0 Å². The lowest BCUT2D eigenvalue weighted by molar-refractivity contribution is 1.03. The zero-order chi connectivity index (χ0) is 12.5. The van der Waals surface area contributed by atoms with Gasteiger partial charge in [0.1, 0.15) is 0 Å². The van der Waals surface area contributed by atoms with E-state index >= 15 is 0 Å². The van der Waals surface area contributed by atoms with Crippen molar-refractivity contribution in [2.45, 2.75) is 0 Å².